The Hall–Kier alpha value is -1.73. The van der Waals surface area contributed by atoms with Crippen LogP contribution in [0.2, 0.25) is 0 Å². The van der Waals surface area contributed by atoms with Crippen LogP contribution < -0.4 is 5.32 Å². The summed E-state index contributed by atoms with van der Waals surface area (Å²) >= 11 is 0. The SMILES string of the molecule is COC(=O)c1cnc(NCC2(O)CCOC2C)cn1. The summed E-state index contributed by atoms with van der Waals surface area (Å²) in [5.74, 6) is -0.0457. The van der Waals surface area contributed by atoms with E-state index in [0.29, 0.717) is 25.4 Å². The van der Waals surface area contributed by atoms with Gasteiger partial charge in [0.05, 0.1) is 25.6 Å². The fourth-order valence-electron chi connectivity index (χ4n) is 1.88. The van der Waals surface area contributed by atoms with Crippen LogP contribution in [0.1, 0.15) is 23.8 Å². The molecule has 1 fully saturated rings. The van der Waals surface area contributed by atoms with Crippen LogP contribution in [0.4, 0.5) is 5.82 Å². The third-order valence-corrected chi connectivity index (χ3v) is 3.28. The van der Waals surface area contributed by atoms with E-state index in [1.54, 1.807) is 0 Å². The van der Waals surface area contributed by atoms with E-state index in [0.717, 1.165) is 0 Å². The summed E-state index contributed by atoms with van der Waals surface area (Å²) < 4.78 is 9.86. The standard InChI is InChI=1S/C12H17N3O4/c1-8-12(17,3-4-19-8)7-15-10-6-13-9(5-14-10)11(16)18-2/h5-6,8,17H,3-4,7H2,1-2H3,(H,14,15). The number of aliphatic hydroxyl groups is 1. The first-order valence-corrected chi connectivity index (χ1v) is 6.03. The predicted molar refractivity (Wildman–Crippen MR) is 66.8 cm³/mol. The van der Waals surface area contributed by atoms with Gasteiger partial charge in [-0.2, -0.15) is 0 Å². The van der Waals surface area contributed by atoms with Crippen molar-refractivity contribution in [1.82, 2.24) is 9.97 Å². The zero-order valence-corrected chi connectivity index (χ0v) is 10.9. The minimum Gasteiger partial charge on any atom is -0.464 e. The van der Waals surface area contributed by atoms with Gasteiger partial charge in [0.25, 0.3) is 0 Å². The number of nitrogens with zero attached hydrogens (tertiary/aromatic N) is 2. The number of nitrogens with one attached hydrogen (secondary N) is 1. The molecule has 1 aromatic heterocycles. The van der Waals surface area contributed by atoms with Crippen molar-refractivity contribution in [3.63, 3.8) is 0 Å². The van der Waals surface area contributed by atoms with Gasteiger partial charge in [-0.15, -0.1) is 0 Å². The minimum absolute atomic E-state index is 0.143. The lowest BCUT2D eigenvalue weighted by Gasteiger charge is -2.26. The number of esters is 1. The molecule has 7 nitrogen and oxygen atoms in total. The first-order chi connectivity index (χ1) is 9.05. The van der Waals surface area contributed by atoms with Crippen molar-refractivity contribution >= 4 is 11.8 Å². The van der Waals surface area contributed by atoms with Crippen LogP contribution in [0.3, 0.4) is 0 Å². The molecule has 1 aliphatic heterocycles. The first kappa shape index (κ1) is 13.7. The van der Waals surface area contributed by atoms with Crippen molar-refractivity contribution in [2.24, 2.45) is 0 Å². The molecule has 0 radical (unpaired) electrons. The average Bonchev–Trinajstić information content (AvgIpc) is 2.77. The molecule has 2 heterocycles. The molecule has 19 heavy (non-hydrogen) atoms. The quantitative estimate of drug-likeness (QED) is 0.753. The zero-order valence-electron chi connectivity index (χ0n) is 10.9. The van der Waals surface area contributed by atoms with Crippen molar-refractivity contribution < 1.29 is 19.4 Å². The molecule has 0 saturated carbocycles. The fraction of sp³-hybridized carbons (Fsp3) is 0.583. The van der Waals surface area contributed by atoms with Gasteiger partial charge in [0.2, 0.25) is 0 Å². The van der Waals surface area contributed by atoms with Crippen molar-refractivity contribution in [3.8, 4) is 0 Å². The van der Waals surface area contributed by atoms with Crippen LogP contribution in [0, 0.1) is 0 Å². The molecule has 1 aliphatic rings. The number of aromatic nitrogens is 2. The van der Waals surface area contributed by atoms with Gasteiger partial charge in [0, 0.05) is 19.6 Å². The van der Waals surface area contributed by atoms with E-state index < -0.39 is 11.6 Å². The van der Waals surface area contributed by atoms with Crippen molar-refractivity contribution in [2.75, 3.05) is 25.6 Å². The number of rotatable bonds is 4. The van der Waals surface area contributed by atoms with Crippen molar-refractivity contribution in [2.45, 2.75) is 25.0 Å². The highest BCUT2D eigenvalue weighted by atomic mass is 16.5. The van der Waals surface area contributed by atoms with Gasteiger partial charge in [-0.1, -0.05) is 0 Å². The smallest absolute Gasteiger partial charge is 0.358 e. The lowest BCUT2D eigenvalue weighted by Crippen LogP contribution is -2.43. The van der Waals surface area contributed by atoms with Gasteiger partial charge in [-0.25, -0.2) is 14.8 Å². The molecule has 1 aromatic rings. The Morgan fingerprint density at radius 1 is 1.63 bits per heavy atom. The van der Waals surface area contributed by atoms with Crippen LogP contribution in [0.5, 0.6) is 0 Å². The van der Waals surface area contributed by atoms with E-state index in [1.165, 1.54) is 19.5 Å². The summed E-state index contributed by atoms with van der Waals surface area (Å²) in [7, 11) is 1.28. The summed E-state index contributed by atoms with van der Waals surface area (Å²) in [6, 6.07) is 0. The van der Waals surface area contributed by atoms with E-state index in [2.05, 4.69) is 20.0 Å². The molecular weight excluding hydrogens is 250 g/mol. The van der Waals surface area contributed by atoms with Crippen LogP contribution in [0.15, 0.2) is 12.4 Å². The summed E-state index contributed by atoms with van der Waals surface area (Å²) in [5.41, 5.74) is -0.757. The minimum atomic E-state index is -0.900. The van der Waals surface area contributed by atoms with Gasteiger partial charge in [0.15, 0.2) is 5.69 Å². The molecule has 2 unspecified atom stereocenters. The Morgan fingerprint density at radius 2 is 2.42 bits per heavy atom. The zero-order chi connectivity index (χ0) is 13.9. The largest absolute Gasteiger partial charge is 0.464 e. The Morgan fingerprint density at radius 3 is 2.95 bits per heavy atom. The maximum atomic E-state index is 11.2. The van der Waals surface area contributed by atoms with Crippen molar-refractivity contribution in [3.05, 3.63) is 18.1 Å². The lowest BCUT2D eigenvalue weighted by molar-refractivity contribution is -0.0176. The number of carbonyl (C=O) groups excluding carboxylic acids is 1. The molecule has 2 rings (SSSR count). The Bertz CT molecular complexity index is 451. The molecule has 0 amide bonds. The Labute approximate surface area is 111 Å². The maximum absolute atomic E-state index is 11.2. The molecule has 104 valence electrons. The van der Waals surface area contributed by atoms with Gasteiger partial charge >= 0.3 is 5.97 Å². The van der Waals surface area contributed by atoms with Crippen LogP contribution in [0.25, 0.3) is 0 Å². The molecule has 7 heteroatoms. The third kappa shape index (κ3) is 2.99. The molecule has 2 atom stereocenters. The van der Waals surface area contributed by atoms with E-state index in [4.69, 9.17) is 4.74 Å². The molecule has 2 N–H and O–H groups in total. The van der Waals surface area contributed by atoms with Crippen LogP contribution in [-0.4, -0.2) is 53.0 Å². The number of methoxy groups -OCH3 is 1. The number of hydrogen-bond acceptors (Lipinski definition) is 7. The highest BCUT2D eigenvalue weighted by Gasteiger charge is 2.39. The second-order valence-electron chi connectivity index (χ2n) is 4.50. The number of hydrogen-bond donors (Lipinski definition) is 2. The number of anilines is 1. The van der Waals surface area contributed by atoms with Gasteiger partial charge in [0.1, 0.15) is 11.4 Å². The molecule has 0 aliphatic carbocycles. The normalized spacial score (nSPS) is 26.2. The lowest BCUT2D eigenvalue weighted by atomic mass is 9.97. The number of ether oxygens (including phenoxy) is 2. The molecule has 0 bridgehead atoms. The highest BCUT2D eigenvalue weighted by Crippen LogP contribution is 2.25. The van der Waals surface area contributed by atoms with Crippen molar-refractivity contribution in [1.29, 1.82) is 0 Å². The monoisotopic (exact) mass is 267 g/mol. The Balaban J connectivity index is 1.95. The van der Waals surface area contributed by atoms with Crippen LogP contribution >= 0.6 is 0 Å². The summed E-state index contributed by atoms with van der Waals surface area (Å²) in [5, 5.41) is 13.3. The highest BCUT2D eigenvalue weighted by molar-refractivity contribution is 5.86. The van der Waals surface area contributed by atoms with E-state index in [9.17, 15) is 9.90 Å². The summed E-state index contributed by atoms with van der Waals surface area (Å²) in [4.78, 5) is 19.1. The fourth-order valence-corrected chi connectivity index (χ4v) is 1.88. The average molecular weight is 267 g/mol. The summed E-state index contributed by atoms with van der Waals surface area (Å²) in [6.07, 6.45) is 3.11. The molecule has 0 spiro atoms. The maximum Gasteiger partial charge on any atom is 0.358 e. The Kier molecular flexibility index (Phi) is 3.96. The second-order valence-corrected chi connectivity index (χ2v) is 4.50. The van der Waals surface area contributed by atoms with Gasteiger partial charge < -0.3 is 19.9 Å². The van der Waals surface area contributed by atoms with E-state index >= 15 is 0 Å². The predicted octanol–water partition coefficient (Wildman–Crippen LogP) is 0.215. The molecule has 1 saturated heterocycles. The number of carbonyl (C=O) groups is 1. The van der Waals surface area contributed by atoms with E-state index in [1.807, 2.05) is 6.92 Å². The molecule has 0 aromatic carbocycles. The van der Waals surface area contributed by atoms with Gasteiger partial charge in [-0.3, -0.25) is 0 Å². The topological polar surface area (TPSA) is 93.6 Å². The first-order valence-electron chi connectivity index (χ1n) is 6.03. The summed E-state index contributed by atoms with van der Waals surface area (Å²) in [6.45, 7) is 2.70. The third-order valence-electron chi connectivity index (χ3n) is 3.28. The molecular formula is C12H17N3O4. The van der Waals surface area contributed by atoms with Gasteiger partial charge in [-0.05, 0) is 6.92 Å². The van der Waals surface area contributed by atoms with Crippen LogP contribution in [-0.2, 0) is 9.47 Å². The van der Waals surface area contributed by atoms with E-state index in [-0.39, 0.29) is 11.8 Å². The second kappa shape index (κ2) is 5.50.